The van der Waals surface area contributed by atoms with Crippen molar-refractivity contribution in [3.05, 3.63) is 90.5 Å². The van der Waals surface area contributed by atoms with Crippen LogP contribution in [-0.2, 0) is 0 Å². The molecule has 3 aromatic heterocycles. The van der Waals surface area contributed by atoms with E-state index >= 15 is 0 Å². The summed E-state index contributed by atoms with van der Waals surface area (Å²) in [5, 5.41) is 7.29. The fourth-order valence-electron chi connectivity index (χ4n) is 2.77. The van der Waals surface area contributed by atoms with E-state index in [2.05, 4.69) is 15.4 Å². The lowest BCUT2D eigenvalue weighted by Crippen LogP contribution is -2.16. The van der Waals surface area contributed by atoms with Gasteiger partial charge in [-0.15, -0.1) is 0 Å². The third kappa shape index (κ3) is 3.00. The molecule has 128 valence electrons. The van der Waals surface area contributed by atoms with Crippen LogP contribution in [-0.4, -0.2) is 25.2 Å². The number of anilines is 1. The van der Waals surface area contributed by atoms with Crippen molar-refractivity contribution in [3.63, 3.8) is 0 Å². The Labute approximate surface area is 150 Å². The lowest BCUT2D eigenvalue weighted by Gasteiger charge is -2.11. The molecule has 0 aliphatic heterocycles. The van der Waals surface area contributed by atoms with Crippen LogP contribution >= 0.6 is 0 Å². The van der Waals surface area contributed by atoms with Crippen molar-refractivity contribution in [2.75, 3.05) is 5.32 Å². The molecule has 0 unspecified atom stereocenters. The Balaban J connectivity index is 1.77. The first kappa shape index (κ1) is 15.8. The van der Waals surface area contributed by atoms with Gasteiger partial charge in [-0.05, 0) is 48.9 Å². The summed E-state index contributed by atoms with van der Waals surface area (Å²) in [4.78, 5) is 17.1. The van der Waals surface area contributed by atoms with E-state index in [-0.39, 0.29) is 5.91 Å². The molecule has 1 aromatic carbocycles. The van der Waals surface area contributed by atoms with Crippen LogP contribution in [0, 0.1) is 6.92 Å². The molecule has 1 amide bonds. The zero-order valence-corrected chi connectivity index (χ0v) is 14.2. The molecule has 0 atom stereocenters. The van der Waals surface area contributed by atoms with Crippen LogP contribution in [0.4, 0.5) is 5.82 Å². The number of nitrogens with zero attached hydrogens (tertiary/aromatic N) is 4. The summed E-state index contributed by atoms with van der Waals surface area (Å²) < 4.78 is 3.62. The fraction of sp³-hybridized carbons (Fsp3) is 0.0500. The number of amides is 1. The number of carbonyl (C=O) groups is 1. The number of nitrogens with one attached hydrogen (secondary N) is 1. The van der Waals surface area contributed by atoms with Gasteiger partial charge in [0.15, 0.2) is 5.82 Å². The van der Waals surface area contributed by atoms with Crippen LogP contribution in [0.5, 0.6) is 0 Å². The van der Waals surface area contributed by atoms with Gasteiger partial charge in [-0.1, -0.05) is 18.2 Å². The molecule has 0 bridgehead atoms. The number of para-hydroxylation sites is 1. The molecule has 6 nitrogen and oxygen atoms in total. The minimum Gasteiger partial charge on any atom is -0.308 e. The molecular weight excluding hydrogens is 326 g/mol. The number of aromatic nitrogens is 4. The molecule has 0 spiro atoms. The van der Waals surface area contributed by atoms with Gasteiger partial charge in [0.25, 0.3) is 5.91 Å². The zero-order valence-electron chi connectivity index (χ0n) is 14.2. The number of aryl methyl sites for hydroxylation is 1. The fourth-order valence-corrected chi connectivity index (χ4v) is 2.77. The van der Waals surface area contributed by atoms with Crippen molar-refractivity contribution in [3.8, 4) is 11.5 Å². The number of rotatable bonds is 4. The maximum atomic E-state index is 12.9. The van der Waals surface area contributed by atoms with E-state index in [1.54, 1.807) is 17.1 Å². The van der Waals surface area contributed by atoms with Gasteiger partial charge >= 0.3 is 0 Å². The number of carbonyl (C=O) groups excluding carboxylic acids is 1. The highest BCUT2D eigenvalue weighted by atomic mass is 16.1. The second-order valence-corrected chi connectivity index (χ2v) is 5.89. The monoisotopic (exact) mass is 343 g/mol. The number of pyridine rings is 1. The third-order valence-electron chi connectivity index (χ3n) is 4.00. The zero-order chi connectivity index (χ0) is 17.9. The smallest absolute Gasteiger partial charge is 0.262 e. The molecule has 4 aromatic rings. The molecule has 0 radical (unpaired) electrons. The molecular formula is C20H17N5O. The molecule has 3 heterocycles. The van der Waals surface area contributed by atoms with E-state index in [9.17, 15) is 4.79 Å². The quantitative estimate of drug-likeness (QED) is 0.615. The van der Waals surface area contributed by atoms with E-state index in [0.717, 1.165) is 11.3 Å². The van der Waals surface area contributed by atoms with E-state index in [0.29, 0.717) is 17.2 Å². The topological polar surface area (TPSA) is 64.7 Å². The summed E-state index contributed by atoms with van der Waals surface area (Å²) in [7, 11) is 0. The van der Waals surface area contributed by atoms with Crippen LogP contribution < -0.4 is 5.32 Å². The van der Waals surface area contributed by atoms with Crippen LogP contribution in [0.2, 0.25) is 0 Å². The largest absolute Gasteiger partial charge is 0.308 e. The maximum absolute atomic E-state index is 12.9. The first-order valence-corrected chi connectivity index (χ1v) is 8.23. The van der Waals surface area contributed by atoms with Crippen LogP contribution in [0.15, 0.2) is 79.4 Å². The van der Waals surface area contributed by atoms with Crippen molar-refractivity contribution >= 4 is 11.7 Å². The second kappa shape index (κ2) is 6.68. The summed E-state index contributed by atoms with van der Waals surface area (Å²) in [6.07, 6.45) is 7.02. The van der Waals surface area contributed by atoms with E-state index in [1.807, 2.05) is 78.5 Å². The van der Waals surface area contributed by atoms with Crippen molar-refractivity contribution in [1.82, 2.24) is 19.3 Å². The van der Waals surface area contributed by atoms with Gasteiger partial charge in [-0.25, -0.2) is 9.67 Å². The highest BCUT2D eigenvalue weighted by molar-refractivity contribution is 6.06. The van der Waals surface area contributed by atoms with Gasteiger partial charge in [0, 0.05) is 18.6 Å². The predicted molar refractivity (Wildman–Crippen MR) is 99.8 cm³/mol. The summed E-state index contributed by atoms with van der Waals surface area (Å²) >= 11 is 0. The molecule has 4 rings (SSSR count). The summed E-state index contributed by atoms with van der Waals surface area (Å²) in [5.74, 6) is 0.932. The van der Waals surface area contributed by atoms with E-state index < -0.39 is 0 Å². The van der Waals surface area contributed by atoms with Crippen molar-refractivity contribution in [1.29, 1.82) is 0 Å². The van der Waals surface area contributed by atoms with Crippen LogP contribution in [0.3, 0.4) is 0 Å². The van der Waals surface area contributed by atoms with Crippen LogP contribution in [0.1, 0.15) is 15.9 Å². The highest BCUT2D eigenvalue weighted by Gasteiger charge is 2.20. The molecule has 0 fully saturated rings. The number of hydrogen-bond acceptors (Lipinski definition) is 3. The van der Waals surface area contributed by atoms with Gasteiger partial charge in [0.1, 0.15) is 11.4 Å². The summed E-state index contributed by atoms with van der Waals surface area (Å²) in [6.45, 7) is 1.95. The first-order chi connectivity index (χ1) is 12.7. The summed E-state index contributed by atoms with van der Waals surface area (Å²) in [6, 6.07) is 17.2. The van der Waals surface area contributed by atoms with E-state index in [4.69, 9.17) is 0 Å². The van der Waals surface area contributed by atoms with Crippen molar-refractivity contribution < 1.29 is 4.79 Å². The van der Waals surface area contributed by atoms with Crippen molar-refractivity contribution in [2.45, 2.75) is 6.92 Å². The van der Waals surface area contributed by atoms with Gasteiger partial charge < -0.3 is 9.88 Å². The molecule has 26 heavy (non-hydrogen) atoms. The van der Waals surface area contributed by atoms with Gasteiger partial charge in [-0.3, -0.25) is 4.79 Å². The lowest BCUT2D eigenvalue weighted by atomic mass is 10.2. The number of hydrogen-bond donors (Lipinski definition) is 1. The molecule has 0 aliphatic carbocycles. The minimum absolute atomic E-state index is 0.256. The normalized spacial score (nSPS) is 10.7. The Morgan fingerprint density at radius 2 is 1.81 bits per heavy atom. The molecule has 1 N–H and O–H groups in total. The molecule has 0 saturated carbocycles. The highest BCUT2D eigenvalue weighted by Crippen LogP contribution is 2.20. The minimum atomic E-state index is -0.256. The third-order valence-corrected chi connectivity index (χ3v) is 4.00. The lowest BCUT2D eigenvalue weighted by molar-refractivity contribution is 0.102. The van der Waals surface area contributed by atoms with Gasteiger partial charge in [0.2, 0.25) is 0 Å². The first-order valence-electron chi connectivity index (χ1n) is 8.23. The molecule has 6 heteroatoms. The summed E-state index contributed by atoms with van der Waals surface area (Å²) in [5.41, 5.74) is 2.37. The molecule has 0 saturated heterocycles. The predicted octanol–water partition coefficient (Wildman–Crippen LogP) is 3.62. The standard InChI is InChI=1S/C20H17N5O/c1-15-9-10-21-18(13-15)23-19(26)17-14-22-25(16-7-3-2-4-8-16)20(17)24-11-5-6-12-24/h2-14H,1H3,(H,21,23,26). The second-order valence-electron chi connectivity index (χ2n) is 5.89. The average molecular weight is 343 g/mol. The molecule has 0 aliphatic rings. The van der Waals surface area contributed by atoms with Crippen molar-refractivity contribution in [2.24, 2.45) is 0 Å². The Bertz CT molecular complexity index is 1040. The van der Waals surface area contributed by atoms with E-state index in [1.165, 1.54) is 0 Å². The number of benzene rings is 1. The Kier molecular flexibility index (Phi) is 4.07. The van der Waals surface area contributed by atoms with Crippen LogP contribution in [0.25, 0.3) is 11.5 Å². The average Bonchev–Trinajstić information content (AvgIpc) is 3.32. The van der Waals surface area contributed by atoms with Gasteiger partial charge in [0.05, 0.1) is 11.9 Å². The van der Waals surface area contributed by atoms with Gasteiger partial charge in [-0.2, -0.15) is 5.10 Å². The Morgan fingerprint density at radius 1 is 1.04 bits per heavy atom. The SMILES string of the molecule is Cc1ccnc(NC(=O)c2cnn(-c3ccccc3)c2-n2cccc2)c1. The maximum Gasteiger partial charge on any atom is 0.262 e. The Hall–Kier alpha value is -3.67. The Morgan fingerprint density at radius 3 is 2.54 bits per heavy atom.